The van der Waals surface area contributed by atoms with Gasteiger partial charge in [-0.3, -0.25) is 9.59 Å². The Hall–Kier alpha value is -0.940. The number of hydrogen-bond acceptors (Lipinski definition) is 5. The lowest BCUT2D eigenvalue weighted by Crippen LogP contribution is -2.25. The number of aliphatic hydroxyl groups is 2. The molecule has 112 valence electrons. The number of hydrogen-bond donors (Lipinski definition) is 2. The van der Waals surface area contributed by atoms with Gasteiger partial charge in [-0.05, 0) is 12.3 Å². The Labute approximate surface area is 115 Å². The van der Waals surface area contributed by atoms with Crippen LogP contribution in [0.25, 0.3) is 0 Å². The standard InChI is InChI=1S/C14H26O5/c1-11(2)5-3-4-6-12(17)7-8-14(18)19-13(9-15)10-16/h11,13,15-16H,3-10H2,1-2H3. The number of ether oxygens (including phenoxy) is 1. The molecule has 0 aliphatic carbocycles. The number of esters is 1. The second-order valence-corrected chi connectivity index (χ2v) is 5.16. The first-order valence-corrected chi connectivity index (χ1v) is 6.92. The van der Waals surface area contributed by atoms with Crippen LogP contribution in [0, 0.1) is 5.92 Å². The molecule has 0 aromatic heterocycles. The molecule has 0 rings (SSSR count). The summed E-state index contributed by atoms with van der Waals surface area (Å²) in [5.41, 5.74) is 0. The summed E-state index contributed by atoms with van der Waals surface area (Å²) in [4.78, 5) is 22.8. The van der Waals surface area contributed by atoms with Crippen molar-refractivity contribution in [3.63, 3.8) is 0 Å². The Bertz CT molecular complexity index is 259. The predicted octanol–water partition coefficient (Wildman–Crippen LogP) is 1.45. The zero-order valence-electron chi connectivity index (χ0n) is 11.9. The van der Waals surface area contributed by atoms with Crippen molar-refractivity contribution in [1.82, 2.24) is 0 Å². The van der Waals surface area contributed by atoms with E-state index in [1.165, 1.54) is 0 Å². The fourth-order valence-corrected chi connectivity index (χ4v) is 1.62. The highest BCUT2D eigenvalue weighted by molar-refractivity contribution is 5.82. The minimum absolute atomic E-state index is 0.0134. The second kappa shape index (κ2) is 10.9. The van der Waals surface area contributed by atoms with Crippen LogP contribution in [0.5, 0.6) is 0 Å². The molecular weight excluding hydrogens is 248 g/mol. The summed E-state index contributed by atoms with van der Waals surface area (Å²) in [6, 6.07) is 0. The molecule has 0 amide bonds. The molecule has 0 saturated carbocycles. The molecule has 0 heterocycles. The van der Waals surface area contributed by atoms with Crippen molar-refractivity contribution in [2.24, 2.45) is 5.92 Å². The minimum Gasteiger partial charge on any atom is -0.457 e. The highest BCUT2D eigenvalue weighted by Gasteiger charge is 2.13. The summed E-state index contributed by atoms with van der Waals surface area (Å²) < 4.78 is 4.77. The molecule has 2 N–H and O–H groups in total. The molecule has 0 atom stereocenters. The van der Waals surface area contributed by atoms with Gasteiger partial charge in [-0.2, -0.15) is 0 Å². The maximum atomic E-state index is 11.5. The van der Waals surface area contributed by atoms with Crippen molar-refractivity contribution in [2.75, 3.05) is 13.2 Å². The van der Waals surface area contributed by atoms with Gasteiger partial charge in [-0.15, -0.1) is 0 Å². The molecule has 0 aromatic carbocycles. The molecule has 0 unspecified atom stereocenters. The monoisotopic (exact) mass is 274 g/mol. The highest BCUT2D eigenvalue weighted by Crippen LogP contribution is 2.10. The summed E-state index contributed by atoms with van der Waals surface area (Å²) in [6.45, 7) is 3.48. The molecule has 0 saturated heterocycles. The Kier molecular flexibility index (Phi) is 10.4. The molecule has 19 heavy (non-hydrogen) atoms. The average molecular weight is 274 g/mol. The Morgan fingerprint density at radius 2 is 1.63 bits per heavy atom. The van der Waals surface area contributed by atoms with Gasteiger partial charge in [-0.1, -0.05) is 26.7 Å². The maximum Gasteiger partial charge on any atom is 0.306 e. The van der Waals surface area contributed by atoms with E-state index in [-0.39, 0.29) is 18.6 Å². The Morgan fingerprint density at radius 3 is 2.16 bits per heavy atom. The molecule has 0 radical (unpaired) electrons. The van der Waals surface area contributed by atoms with Gasteiger partial charge in [0.2, 0.25) is 0 Å². The molecule has 0 spiro atoms. The number of unbranched alkanes of at least 4 members (excludes halogenated alkanes) is 1. The second-order valence-electron chi connectivity index (χ2n) is 5.16. The van der Waals surface area contributed by atoms with Crippen LogP contribution in [-0.2, 0) is 14.3 Å². The van der Waals surface area contributed by atoms with Crippen LogP contribution in [0.1, 0.15) is 52.4 Å². The quantitative estimate of drug-likeness (QED) is 0.440. The maximum absolute atomic E-state index is 11.5. The van der Waals surface area contributed by atoms with Crippen LogP contribution in [0.15, 0.2) is 0 Å². The van der Waals surface area contributed by atoms with E-state index in [0.29, 0.717) is 12.3 Å². The van der Waals surface area contributed by atoms with Crippen LogP contribution in [0.2, 0.25) is 0 Å². The first-order chi connectivity index (χ1) is 8.99. The summed E-state index contributed by atoms with van der Waals surface area (Å²) in [7, 11) is 0. The van der Waals surface area contributed by atoms with Gasteiger partial charge >= 0.3 is 5.97 Å². The molecule has 0 aliphatic rings. The van der Waals surface area contributed by atoms with Crippen molar-refractivity contribution >= 4 is 11.8 Å². The van der Waals surface area contributed by atoms with Gasteiger partial charge in [0, 0.05) is 12.8 Å². The van der Waals surface area contributed by atoms with Gasteiger partial charge < -0.3 is 14.9 Å². The fourth-order valence-electron chi connectivity index (χ4n) is 1.62. The van der Waals surface area contributed by atoms with Crippen molar-refractivity contribution < 1.29 is 24.5 Å². The third kappa shape index (κ3) is 10.7. The minimum atomic E-state index is -0.881. The number of rotatable bonds is 11. The van der Waals surface area contributed by atoms with Gasteiger partial charge in [0.15, 0.2) is 0 Å². The summed E-state index contributed by atoms with van der Waals surface area (Å²) in [5, 5.41) is 17.5. The topological polar surface area (TPSA) is 83.8 Å². The van der Waals surface area contributed by atoms with Crippen LogP contribution < -0.4 is 0 Å². The van der Waals surface area contributed by atoms with Gasteiger partial charge in [0.05, 0.1) is 19.6 Å². The molecule has 0 aromatic rings. The highest BCUT2D eigenvalue weighted by atomic mass is 16.6. The van der Waals surface area contributed by atoms with E-state index < -0.39 is 25.3 Å². The third-order valence-electron chi connectivity index (χ3n) is 2.80. The third-order valence-corrected chi connectivity index (χ3v) is 2.80. The van der Waals surface area contributed by atoms with E-state index in [4.69, 9.17) is 14.9 Å². The van der Waals surface area contributed by atoms with Crippen LogP contribution >= 0.6 is 0 Å². The largest absolute Gasteiger partial charge is 0.457 e. The first-order valence-electron chi connectivity index (χ1n) is 6.92. The number of Topliss-reactive ketones (excluding diaryl/α,β-unsaturated/α-hetero) is 1. The molecule has 0 fully saturated rings. The van der Waals surface area contributed by atoms with Crippen molar-refractivity contribution in [2.45, 2.75) is 58.5 Å². The van der Waals surface area contributed by atoms with Crippen molar-refractivity contribution in [1.29, 1.82) is 0 Å². The molecule has 0 bridgehead atoms. The molecule has 0 aliphatic heterocycles. The lowest BCUT2D eigenvalue weighted by Gasteiger charge is -2.12. The van der Waals surface area contributed by atoms with Gasteiger partial charge in [0.1, 0.15) is 11.9 Å². The van der Waals surface area contributed by atoms with Crippen molar-refractivity contribution in [3.05, 3.63) is 0 Å². The van der Waals surface area contributed by atoms with Gasteiger partial charge in [-0.25, -0.2) is 0 Å². The van der Waals surface area contributed by atoms with E-state index in [2.05, 4.69) is 13.8 Å². The fraction of sp³-hybridized carbons (Fsp3) is 0.857. The van der Waals surface area contributed by atoms with E-state index in [1.807, 2.05) is 0 Å². The van der Waals surface area contributed by atoms with Crippen LogP contribution in [0.4, 0.5) is 0 Å². The summed E-state index contributed by atoms with van der Waals surface area (Å²) >= 11 is 0. The van der Waals surface area contributed by atoms with E-state index >= 15 is 0 Å². The molecular formula is C14H26O5. The number of carbonyl (C=O) groups excluding carboxylic acids is 2. The first kappa shape index (κ1) is 18.1. The number of carbonyl (C=O) groups is 2. The van der Waals surface area contributed by atoms with Crippen LogP contribution in [0.3, 0.4) is 0 Å². The smallest absolute Gasteiger partial charge is 0.306 e. The zero-order valence-corrected chi connectivity index (χ0v) is 11.9. The normalized spacial score (nSPS) is 11.1. The molecule has 5 heteroatoms. The Balaban J connectivity index is 3.64. The number of ketones is 1. The lowest BCUT2D eigenvalue weighted by molar-refractivity contribution is -0.154. The zero-order chi connectivity index (χ0) is 14.7. The lowest BCUT2D eigenvalue weighted by atomic mass is 10.0. The predicted molar refractivity (Wildman–Crippen MR) is 71.6 cm³/mol. The number of aliphatic hydroxyl groups excluding tert-OH is 2. The SMILES string of the molecule is CC(C)CCCCC(=O)CCC(=O)OC(CO)CO. The van der Waals surface area contributed by atoms with Gasteiger partial charge in [0.25, 0.3) is 0 Å². The summed E-state index contributed by atoms with van der Waals surface area (Å²) in [5.74, 6) is 0.160. The van der Waals surface area contributed by atoms with E-state index in [0.717, 1.165) is 19.3 Å². The van der Waals surface area contributed by atoms with E-state index in [9.17, 15) is 9.59 Å². The van der Waals surface area contributed by atoms with Crippen LogP contribution in [-0.4, -0.2) is 41.3 Å². The Morgan fingerprint density at radius 1 is 1.00 bits per heavy atom. The van der Waals surface area contributed by atoms with Crippen molar-refractivity contribution in [3.8, 4) is 0 Å². The average Bonchev–Trinajstić information content (AvgIpc) is 2.38. The summed E-state index contributed by atoms with van der Waals surface area (Å²) in [6.07, 6.45) is 2.82. The van der Waals surface area contributed by atoms with E-state index in [1.54, 1.807) is 0 Å². The molecule has 5 nitrogen and oxygen atoms in total.